The number of ether oxygens (including phenoxy) is 1. The molecular weight excluding hydrogens is 647 g/mol. The molecule has 0 saturated carbocycles. The van der Waals surface area contributed by atoms with E-state index in [0.717, 1.165) is 40.9 Å². The molecule has 2 saturated heterocycles. The molecule has 0 radical (unpaired) electrons. The molecule has 4 heterocycles. The van der Waals surface area contributed by atoms with Gasteiger partial charge in [0.05, 0.1) is 23.8 Å². The van der Waals surface area contributed by atoms with Gasteiger partial charge in [-0.25, -0.2) is 13.4 Å². The Morgan fingerprint density at radius 1 is 1.11 bits per heavy atom. The Hall–Kier alpha value is -2.36. The molecule has 3 aliphatic heterocycles. The summed E-state index contributed by atoms with van der Waals surface area (Å²) in [6.45, 7) is 6.61. The summed E-state index contributed by atoms with van der Waals surface area (Å²) in [5.41, 5.74) is 0.907. The Morgan fingerprint density at radius 2 is 1.86 bits per heavy atom. The highest BCUT2D eigenvalue weighted by Crippen LogP contribution is 2.28. The maximum absolute atomic E-state index is 13.8. The number of thiazole rings is 1. The van der Waals surface area contributed by atoms with Crippen molar-refractivity contribution in [3.05, 3.63) is 57.0 Å². The van der Waals surface area contributed by atoms with Crippen LogP contribution in [0.15, 0.2) is 41.3 Å². The molecule has 3 aromatic rings. The second-order valence-corrected chi connectivity index (χ2v) is 14.6. The summed E-state index contributed by atoms with van der Waals surface area (Å²) < 4.78 is 34.4. The zero-order valence-electron chi connectivity index (χ0n) is 24.3. The van der Waals surface area contributed by atoms with Crippen molar-refractivity contribution in [2.24, 2.45) is 0 Å². The number of carbonyl (C=O) groups is 2. The summed E-state index contributed by atoms with van der Waals surface area (Å²) >= 11 is 7.44. The van der Waals surface area contributed by atoms with Crippen LogP contribution in [0.3, 0.4) is 0 Å². The van der Waals surface area contributed by atoms with E-state index < -0.39 is 16.1 Å². The molecule has 6 rings (SSSR count). The zero-order valence-corrected chi connectivity index (χ0v) is 27.5. The van der Waals surface area contributed by atoms with Crippen LogP contribution in [0.4, 0.5) is 0 Å². The molecule has 0 spiro atoms. The van der Waals surface area contributed by atoms with Crippen molar-refractivity contribution in [3.63, 3.8) is 0 Å². The molecule has 0 aliphatic carbocycles. The second kappa shape index (κ2) is 14.0. The fourth-order valence-corrected chi connectivity index (χ4v) is 8.40. The van der Waals surface area contributed by atoms with Gasteiger partial charge in [0.15, 0.2) is 5.01 Å². The van der Waals surface area contributed by atoms with Crippen LogP contribution in [0, 0.1) is 0 Å². The van der Waals surface area contributed by atoms with E-state index in [4.69, 9.17) is 16.3 Å². The number of aromatic nitrogens is 1. The van der Waals surface area contributed by atoms with Gasteiger partial charge >= 0.3 is 0 Å². The maximum Gasteiger partial charge on any atom is 0.283 e. The molecule has 2 atom stereocenters. The van der Waals surface area contributed by atoms with Crippen LogP contribution < -0.4 is 10.6 Å². The number of sulfonamides is 1. The highest BCUT2D eigenvalue weighted by molar-refractivity contribution is 7.89. The van der Waals surface area contributed by atoms with Gasteiger partial charge in [-0.05, 0) is 42.0 Å². The van der Waals surface area contributed by atoms with E-state index in [9.17, 15) is 18.0 Å². The van der Waals surface area contributed by atoms with Crippen LogP contribution in [-0.2, 0) is 32.5 Å². The van der Waals surface area contributed by atoms with Gasteiger partial charge in [-0.3, -0.25) is 14.5 Å². The summed E-state index contributed by atoms with van der Waals surface area (Å²) in [6.07, 6.45) is 0.731. The van der Waals surface area contributed by atoms with Crippen molar-refractivity contribution < 1.29 is 22.7 Å². The van der Waals surface area contributed by atoms with Crippen LogP contribution in [0.1, 0.15) is 27.3 Å². The molecule has 3 aliphatic rings. The maximum atomic E-state index is 13.8. The van der Waals surface area contributed by atoms with Gasteiger partial charge in [0.1, 0.15) is 6.04 Å². The Balaban J connectivity index is 0.00000384. The first-order chi connectivity index (χ1) is 20.7. The third kappa shape index (κ3) is 7.05. The SMILES string of the molecule is CC1Cc2nc(C(=O)N3CCN(S(=O)(=O)c4ccc5cc(Cl)ccc5c4)CC3C(=O)NCCN3CCOCC3)sc2CN1.Cl. The van der Waals surface area contributed by atoms with Crippen molar-refractivity contribution in [2.75, 3.05) is 59.0 Å². The fraction of sp³-hybridized carbons (Fsp3) is 0.483. The monoisotopic (exact) mass is 682 g/mol. The average molecular weight is 684 g/mol. The van der Waals surface area contributed by atoms with Crippen LogP contribution in [0.2, 0.25) is 5.02 Å². The predicted molar refractivity (Wildman–Crippen MR) is 172 cm³/mol. The smallest absolute Gasteiger partial charge is 0.283 e. The number of fused-ring (bicyclic) bond motifs is 2. The number of nitrogens with zero attached hydrogens (tertiary/aromatic N) is 4. The lowest BCUT2D eigenvalue weighted by Gasteiger charge is -2.39. The number of nitrogens with one attached hydrogen (secondary N) is 2. The number of carbonyl (C=O) groups excluding carboxylic acids is 2. The minimum absolute atomic E-state index is 0. The van der Waals surface area contributed by atoms with Gasteiger partial charge in [-0.15, -0.1) is 23.7 Å². The zero-order chi connectivity index (χ0) is 30.1. The summed E-state index contributed by atoms with van der Waals surface area (Å²) in [5, 5.41) is 8.81. The minimum atomic E-state index is -3.95. The van der Waals surface area contributed by atoms with Crippen molar-refractivity contribution in [1.82, 2.24) is 29.7 Å². The molecule has 2 aromatic carbocycles. The molecule has 44 heavy (non-hydrogen) atoms. The van der Waals surface area contributed by atoms with Crippen molar-refractivity contribution in [1.29, 1.82) is 0 Å². The molecule has 2 amide bonds. The van der Waals surface area contributed by atoms with Crippen LogP contribution in [0.25, 0.3) is 10.8 Å². The second-order valence-electron chi connectivity index (χ2n) is 11.2. The van der Waals surface area contributed by atoms with Crippen molar-refractivity contribution >= 4 is 68.0 Å². The number of amides is 2. The van der Waals surface area contributed by atoms with E-state index in [1.165, 1.54) is 20.5 Å². The standard InChI is InChI=1S/C29H35ClN6O5S2.ClH/c1-19-14-24-26(17-32-19)42-28(33-24)29(38)36-9-8-35(18-25(36)27(37)31-6-7-34-10-12-41-13-11-34)43(39,40)23-5-3-20-15-22(30)4-2-21(20)16-23;/h2-5,15-16,19,25,32H,6-14,17-18H2,1H3,(H,31,37);1H. The van der Waals surface area contributed by atoms with Gasteiger partial charge in [0.25, 0.3) is 5.91 Å². The third-order valence-electron chi connectivity index (χ3n) is 8.22. The van der Waals surface area contributed by atoms with E-state index >= 15 is 0 Å². The first-order valence-corrected chi connectivity index (χ1v) is 17.1. The number of piperazine rings is 1. The number of hydrogen-bond acceptors (Lipinski definition) is 9. The van der Waals surface area contributed by atoms with E-state index in [1.54, 1.807) is 36.4 Å². The first kappa shape index (κ1) is 33.0. The fourth-order valence-electron chi connectivity index (χ4n) is 5.75. The lowest BCUT2D eigenvalue weighted by Crippen LogP contribution is -2.61. The lowest BCUT2D eigenvalue weighted by molar-refractivity contribution is -0.127. The predicted octanol–water partition coefficient (Wildman–Crippen LogP) is 2.37. The highest BCUT2D eigenvalue weighted by atomic mass is 35.5. The van der Waals surface area contributed by atoms with E-state index in [1.807, 2.05) is 0 Å². The molecule has 238 valence electrons. The van der Waals surface area contributed by atoms with E-state index in [-0.39, 0.29) is 54.8 Å². The summed E-state index contributed by atoms with van der Waals surface area (Å²) in [6, 6.07) is 9.44. The summed E-state index contributed by atoms with van der Waals surface area (Å²) in [7, 11) is -3.95. The Labute approximate surface area is 272 Å². The molecule has 2 unspecified atom stereocenters. The number of hydrogen-bond donors (Lipinski definition) is 2. The Kier molecular flexibility index (Phi) is 10.5. The van der Waals surface area contributed by atoms with Gasteiger partial charge in [-0.2, -0.15) is 4.31 Å². The van der Waals surface area contributed by atoms with E-state index in [2.05, 4.69) is 27.4 Å². The quantitative estimate of drug-likeness (QED) is 0.390. The van der Waals surface area contributed by atoms with Gasteiger partial charge < -0.3 is 20.3 Å². The third-order valence-corrected chi connectivity index (χ3v) is 11.4. The molecule has 1 aromatic heterocycles. The topological polar surface area (TPSA) is 124 Å². The number of halogens is 2. The van der Waals surface area contributed by atoms with Crippen LogP contribution in [0.5, 0.6) is 0 Å². The van der Waals surface area contributed by atoms with Crippen LogP contribution >= 0.6 is 35.3 Å². The lowest BCUT2D eigenvalue weighted by atomic mass is 10.1. The van der Waals surface area contributed by atoms with Crippen molar-refractivity contribution in [3.8, 4) is 0 Å². The number of rotatable bonds is 7. The van der Waals surface area contributed by atoms with Gasteiger partial charge in [0.2, 0.25) is 15.9 Å². The Morgan fingerprint density at radius 3 is 2.66 bits per heavy atom. The largest absolute Gasteiger partial charge is 0.379 e. The summed E-state index contributed by atoms with van der Waals surface area (Å²) in [5.74, 6) is -0.730. The number of benzene rings is 2. The molecule has 0 bridgehead atoms. The Bertz CT molecular complexity index is 1630. The normalized spacial score (nSPS) is 21.5. The van der Waals surface area contributed by atoms with E-state index in [0.29, 0.717) is 42.9 Å². The highest BCUT2D eigenvalue weighted by Gasteiger charge is 2.41. The van der Waals surface area contributed by atoms with Crippen LogP contribution in [-0.4, -0.2) is 110 Å². The first-order valence-electron chi connectivity index (χ1n) is 14.5. The number of morpholine rings is 1. The summed E-state index contributed by atoms with van der Waals surface area (Å²) in [4.78, 5) is 36.9. The minimum Gasteiger partial charge on any atom is -0.379 e. The van der Waals surface area contributed by atoms with Crippen molar-refractivity contribution in [2.45, 2.75) is 36.9 Å². The molecule has 15 heteroatoms. The average Bonchev–Trinajstić information content (AvgIpc) is 3.44. The molecular formula is C29H36Cl2N6O5S2. The molecule has 2 fully saturated rings. The molecule has 11 nitrogen and oxygen atoms in total. The molecule has 2 N–H and O–H groups in total. The van der Waals surface area contributed by atoms with Gasteiger partial charge in [0, 0.05) is 74.7 Å². The van der Waals surface area contributed by atoms with Gasteiger partial charge in [-0.1, -0.05) is 23.7 Å².